The highest BCUT2D eigenvalue weighted by Gasteiger charge is 2.33. The third kappa shape index (κ3) is 5.29. The second-order valence-corrected chi connectivity index (χ2v) is 4.50. The van der Waals surface area contributed by atoms with Gasteiger partial charge in [-0.25, -0.2) is 9.97 Å². The number of halogens is 3. The molecular formula is C11H12F3N3OS. The van der Waals surface area contributed by atoms with Gasteiger partial charge in [0.05, 0.1) is 5.75 Å². The van der Waals surface area contributed by atoms with Crippen LogP contribution in [0.2, 0.25) is 0 Å². The van der Waals surface area contributed by atoms with Gasteiger partial charge < -0.3 is 5.32 Å². The summed E-state index contributed by atoms with van der Waals surface area (Å²) in [6.45, 7) is 5.18. The normalized spacial score (nSPS) is 11.2. The number of carbonyl (C=O) groups excluding carboxylic acids is 1. The quantitative estimate of drug-likeness (QED) is 0.513. The summed E-state index contributed by atoms with van der Waals surface area (Å²) in [6, 6.07) is 0.863. The average molecular weight is 291 g/mol. The number of aromatic nitrogens is 2. The third-order valence-corrected chi connectivity index (χ3v) is 2.75. The topological polar surface area (TPSA) is 54.9 Å². The maximum atomic E-state index is 12.5. The molecular weight excluding hydrogens is 279 g/mol. The summed E-state index contributed by atoms with van der Waals surface area (Å²) in [6.07, 6.45) is -3.01. The van der Waals surface area contributed by atoms with Gasteiger partial charge in [-0.2, -0.15) is 13.2 Å². The number of hydrogen-bond acceptors (Lipinski definition) is 4. The first-order valence-corrected chi connectivity index (χ1v) is 6.24. The van der Waals surface area contributed by atoms with E-state index in [-0.39, 0.29) is 22.5 Å². The van der Waals surface area contributed by atoms with Gasteiger partial charge >= 0.3 is 6.18 Å². The van der Waals surface area contributed by atoms with E-state index in [2.05, 4.69) is 21.9 Å². The van der Waals surface area contributed by atoms with E-state index in [9.17, 15) is 18.0 Å². The predicted octanol–water partition coefficient (Wildman–Crippen LogP) is 2.20. The monoisotopic (exact) mass is 291 g/mol. The maximum absolute atomic E-state index is 12.5. The Kier molecular flexibility index (Phi) is 5.34. The van der Waals surface area contributed by atoms with Crippen molar-refractivity contribution >= 4 is 17.7 Å². The van der Waals surface area contributed by atoms with E-state index < -0.39 is 11.9 Å². The van der Waals surface area contributed by atoms with Crippen LogP contribution in [0.1, 0.15) is 11.4 Å². The van der Waals surface area contributed by atoms with Gasteiger partial charge in [-0.3, -0.25) is 4.79 Å². The van der Waals surface area contributed by atoms with Gasteiger partial charge in [-0.05, 0) is 13.0 Å². The number of nitrogens with one attached hydrogen (secondary N) is 1. The maximum Gasteiger partial charge on any atom is 0.433 e. The van der Waals surface area contributed by atoms with E-state index in [1.807, 2.05) is 0 Å². The van der Waals surface area contributed by atoms with Gasteiger partial charge in [-0.1, -0.05) is 17.8 Å². The smallest absolute Gasteiger partial charge is 0.352 e. The molecule has 1 heterocycles. The van der Waals surface area contributed by atoms with Gasteiger partial charge in [0, 0.05) is 12.2 Å². The molecule has 104 valence electrons. The van der Waals surface area contributed by atoms with Gasteiger partial charge in [0.2, 0.25) is 5.91 Å². The van der Waals surface area contributed by atoms with Crippen LogP contribution in [0.5, 0.6) is 0 Å². The first kappa shape index (κ1) is 15.5. The SMILES string of the molecule is C=CCNC(=O)CSc1nc(C)cc(C(F)(F)F)n1. The highest BCUT2D eigenvalue weighted by molar-refractivity contribution is 7.99. The molecule has 4 nitrogen and oxygen atoms in total. The van der Waals surface area contributed by atoms with Crippen LogP contribution in [0.25, 0.3) is 0 Å². The van der Waals surface area contributed by atoms with E-state index in [0.29, 0.717) is 6.54 Å². The van der Waals surface area contributed by atoms with Crippen molar-refractivity contribution in [3.63, 3.8) is 0 Å². The summed E-state index contributed by atoms with van der Waals surface area (Å²) in [4.78, 5) is 18.5. The molecule has 1 N–H and O–H groups in total. The van der Waals surface area contributed by atoms with Crippen molar-refractivity contribution in [2.24, 2.45) is 0 Å². The molecule has 0 atom stereocenters. The lowest BCUT2D eigenvalue weighted by Gasteiger charge is -2.08. The first-order valence-electron chi connectivity index (χ1n) is 5.26. The zero-order valence-electron chi connectivity index (χ0n) is 10.1. The van der Waals surface area contributed by atoms with E-state index >= 15 is 0 Å². The minimum absolute atomic E-state index is 0.0470. The molecule has 1 rings (SSSR count). The van der Waals surface area contributed by atoms with Crippen molar-refractivity contribution < 1.29 is 18.0 Å². The number of amides is 1. The number of alkyl halides is 3. The Morgan fingerprint density at radius 3 is 2.79 bits per heavy atom. The van der Waals surface area contributed by atoms with Gasteiger partial charge in [0.1, 0.15) is 5.69 Å². The van der Waals surface area contributed by atoms with Crippen LogP contribution in [0.4, 0.5) is 13.2 Å². The molecule has 0 unspecified atom stereocenters. The molecule has 19 heavy (non-hydrogen) atoms. The molecule has 0 bridgehead atoms. The second-order valence-electron chi connectivity index (χ2n) is 3.56. The van der Waals surface area contributed by atoms with Crippen LogP contribution in [-0.4, -0.2) is 28.2 Å². The Morgan fingerprint density at radius 2 is 2.21 bits per heavy atom. The van der Waals surface area contributed by atoms with Gasteiger partial charge in [-0.15, -0.1) is 6.58 Å². The summed E-state index contributed by atoms with van der Waals surface area (Å²) in [5.74, 6) is -0.363. The highest BCUT2D eigenvalue weighted by Crippen LogP contribution is 2.29. The molecule has 0 aliphatic heterocycles. The molecule has 0 saturated heterocycles. The van der Waals surface area contributed by atoms with Crippen LogP contribution in [0.3, 0.4) is 0 Å². The Balaban J connectivity index is 2.71. The van der Waals surface area contributed by atoms with E-state index in [1.165, 1.54) is 13.0 Å². The van der Waals surface area contributed by atoms with Crippen molar-refractivity contribution in [1.82, 2.24) is 15.3 Å². The molecule has 0 aliphatic carbocycles. The summed E-state index contributed by atoms with van der Waals surface area (Å²) < 4.78 is 37.6. The lowest BCUT2D eigenvalue weighted by atomic mass is 10.3. The number of rotatable bonds is 5. The number of nitrogens with zero attached hydrogens (tertiary/aromatic N) is 2. The Morgan fingerprint density at radius 1 is 1.53 bits per heavy atom. The minimum atomic E-state index is -4.52. The molecule has 1 aromatic rings. The number of thioether (sulfide) groups is 1. The zero-order chi connectivity index (χ0) is 14.5. The molecule has 0 spiro atoms. The van der Waals surface area contributed by atoms with Crippen molar-refractivity contribution in [1.29, 1.82) is 0 Å². The number of aryl methyl sites for hydroxylation is 1. The molecule has 0 radical (unpaired) electrons. The first-order chi connectivity index (χ1) is 8.82. The molecule has 0 saturated carbocycles. The fraction of sp³-hybridized carbons (Fsp3) is 0.364. The zero-order valence-corrected chi connectivity index (χ0v) is 10.9. The molecule has 8 heteroatoms. The van der Waals surface area contributed by atoms with Crippen LogP contribution in [0, 0.1) is 6.92 Å². The van der Waals surface area contributed by atoms with Crippen LogP contribution >= 0.6 is 11.8 Å². The van der Waals surface area contributed by atoms with Crippen molar-refractivity contribution in [2.75, 3.05) is 12.3 Å². The van der Waals surface area contributed by atoms with E-state index in [0.717, 1.165) is 17.8 Å². The fourth-order valence-electron chi connectivity index (χ4n) is 1.12. The minimum Gasteiger partial charge on any atom is -0.352 e. The third-order valence-electron chi connectivity index (χ3n) is 1.90. The predicted molar refractivity (Wildman–Crippen MR) is 65.7 cm³/mol. The van der Waals surface area contributed by atoms with Gasteiger partial charge in [0.15, 0.2) is 5.16 Å². The summed E-state index contributed by atoms with van der Waals surface area (Å²) in [5, 5.41) is 2.44. The Hall–Kier alpha value is -1.57. The van der Waals surface area contributed by atoms with Crippen LogP contribution in [-0.2, 0) is 11.0 Å². The van der Waals surface area contributed by atoms with Gasteiger partial charge in [0.25, 0.3) is 0 Å². The summed E-state index contributed by atoms with van der Waals surface area (Å²) in [7, 11) is 0. The molecule has 0 aliphatic rings. The molecule has 0 fully saturated rings. The largest absolute Gasteiger partial charge is 0.433 e. The summed E-state index contributed by atoms with van der Waals surface area (Å²) in [5.41, 5.74) is -0.801. The second kappa shape index (κ2) is 6.55. The molecule has 0 aromatic carbocycles. The molecule has 1 amide bonds. The lowest BCUT2D eigenvalue weighted by molar-refractivity contribution is -0.141. The summed E-state index contributed by atoms with van der Waals surface area (Å²) >= 11 is 0.855. The number of carbonyl (C=O) groups is 1. The van der Waals surface area contributed by atoms with Crippen LogP contribution in [0.15, 0.2) is 23.9 Å². The Labute approximate surface area is 112 Å². The average Bonchev–Trinajstić information content (AvgIpc) is 2.32. The van der Waals surface area contributed by atoms with E-state index in [1.54, 1.807) is 0 Å². The Bertz CT molecular complexity index is 477. The number of hydrogen-bond donors (Lipinski definition) is 1. The van der Waals surface area contributed by atoms with Crippen molar-refractivity contribution in [2.45, 2.75) is 18.3 Å². The fourth-order valence-corrected chi connectivity index (χ4v) is 1.85. The lowest BCUT2D eigenvalue weighted by Crippen LogP contribution is -2.25. The van der Waals surface area contributed by atoms with Crippen molar-refractivity contribution in [3.8, 4) is 0 Å². The van der Waals surface area contributed by atoms with E-state index in [4.69, 9.17) is 0 Å². The molecule has 1 aromatic heterocycles. The van der Waals surface area contributed by atoms with Crippen molar-refractivity contribution in [3.05, 3.63) is 30.1 Å². The standard InChI is InChI=1S/C11H12F3N3OS/c1-3-4-15-9(18)6-19-10-16-7(2)5-8(17-10)11(12,13)14/h3,5H,1,4,6H2,2H3,(H,15,18). The van der Waals surface area contributed by atoms with Crippen LogP contribution < -0.4 is 5.32 Å². The highest BCUT2D eigenvalue weighted by atomic mass is 32.2.